The molecule has 5 rings (SSSR count). The Labute approximate surface area is 191 Å². The van der Waals surface area contributed by atoms with E-state index >= 15 is 0 Å². The predicted octanol–water partition coefficient (Wildman–Crippen LogP) is 5.66. The minimum absolute atomic E-state index is 0.305. The van der Waals surface area contributed by atoms with E-state index in [1.165, 1.54) is 7.11 Å². The average Bonchev–Trinajstić information content (AvgIpc) is 2.87. The van der Waals surface area contributed by atoms with E-state index in [-0.39, 0.29) is 5.91 Å². The maximum Gasteiger partial charge on any atom is 0.328 e. The molecule has 1 atom stereocenters. The number of methoxy groups -OCH3 is 1. The summed E-state index contributed by atoms with van der Waals surface area (Å²) in [6.07, 6.45) is 0.327. The molecule has 0 fully saturated rings. The van der Waals surface area contributed by atoms with Gasteiger partial charge in [-0.3, -0.25) is 4.79 Å². The van der Waals surface area contributed by atoms with Crippen LogP contribution >= 0.6 is 0 Å². The molecule has 4 heteroatoms. The first-order valence-corrected chi connectivity index (χ1v) is 10.9. The fraction of sp³-hybridized carbons (Fsp3) is 0.103. The van der Waals surface area contributed by atoms with Gasteiger partial charge in [0.2, 0.25) is 0 Å². The van der Waals surface area contributed by atoms with Gasteiger partial charge in [-0.15, -0.1) is 0 Å². The summed E-state index contributed by atoms with van der Waals surface area (Å²) in [6, 6.07) is 30.9. The zero-order valence-electron chi connectivity index (χ0n) is 18.2. The normalized spacial score (nSPS) is 12.0. The molecule has 0 aliphatic rings. The van der Waals surface area contributed by atoms with Gasteiger partial charge in [-0.25, -0.2) is 4.79 Å². The Kier molecular flexibility index (Phi) is 5.49. The first-order chi connectivity index (χ1) is 16.1. The first kappa shape index (κ1) is 20.7. The maximum atomic E-state index is 13.1. The van der Waals surface area contributed by atoms with Crippen LogP contribution in [-0.4, -0.2) is 25.0 Å². The Balaban J connectivity index is 1.53. The monoisotopic (exact) mass is 433 g/mol. The summed E-state index contributed by atoms with van der Waals surface area (Å²) in [4.78, 5) is 25.8. The van der Waals surface area contributed by atoms with Gasteiger partial charge >= 0.3 is 5.97 Å². The number of benzene rings is 5. The van der Waals surface area contributed by atoms with Crippen LogP contribution in [0.1, 0.15) is 15.9 Å². The van der Waals surface area contributed by atoms with E-state index in [4.69, 9.17) is 4.74 Å². The number of carbonyl (C=O) groups excluding carboxylic acids is 2. The zero-order valence-corrected chi connectivity index (χ0v) is 18.2. The van der Waals surface area contributed by atoms with Gasteiger partial charge in [0.25, 0.3) is 5.91 Å². The van der Waals surface area contributed by atoms with E-state index in [1.807, 2.05) is 60.7 Å². The zero-order chi connectivity index (χ0) is 22.8. The van der Waals surface area contributed by atoms with E-state index in [2.05, 4.69) is 35.6 Å². The molecule has 0 heterocycles. The molecule has 0 radical (unpaired) electrons. The molecule has 0 saturated carbocycles. The van der Waals surface area contributed by atoms with Crippen LogP contribution in [0, 0.1) is 0 Å². The Hall–Kier alpha value is -4.18. The molecule has 0 bridgehead atoms. The van der Waals surface area contributed by atoms with Gasteiger partial charge in [0.1, 0.15) is 6.04 Å². The van der Waals surface area contributed by atoms with Gasteiger partial charge in [0.15, 0.2) is 0 Å². The molecule has 5 aromatic carbocycles. The summed E-state index contributed by atoms with van der Waals surface area (Å²) in [5.74, 6) is -0.776. The Morgan fingerprint density at radius 2 is 1.30 bits per heavy atom. The van der Waals surface area contributed by atoms with E-state index in [1.54, 1.807) is 6.07 Å². The molecular weight excluding hydrogens is 410 g/mol. The molecule has 0 unspecified atom stereocenters. The van der Waals surface area contributed by atoms with Crippen molar-refractivity contribution in [1.82, 2.24) is 5.32 Å². The number of ether oxygens (including phenoxy) is 1. The van der Waals surface area contributed by atoms with Gasteiger partial charge < -0.3 is 10.1 Å². The Morgan fingerprint density at radius 3 is 1.94 bits per heavy atom. The van der Waals surface area contributed by atoms with Crippen LogP contribution in [0.3, 0.4) is 0 Å². The van der Waals surface area contributed by atoms with Gasteiger partial charge in [0.05, 0.1) is 7.11 Å². The highest BCUT2D eigenvalue weighted by molar-refractivity contribution is 6.04. The van der Waals surface area contributed by atoms with Gasteiger partial charge in [-0.1, -0.05) is 78.9 Å². The third-order valence-electron chi connectivity index (χ3n) is 6.09. The summed E-state index contributed by atoms with van der Waals surface area (Å²) in [5, 5.41) is 9.25. The van der Waals surface area contributed by atoms with Crippen LogP contribution < -0.4 is 5.32 Å². The summed E-state index contributed by atoms with van der Waals surface area (Å²) in [6.45, 7) is 0. The van der Waals surface area contributed by atoms with Crippen LogP contribution in [0.15, 0.2) is 97.1 Å². The summed E-state index contributed by atoms with van der Waals surface area (Å²) < 4.78 is 5.06. The van der Waals surface area contributed by atoms with Crippen molar-refractivity contribution in [2.24, 2.45) is 0 Å². The fourth-order valence-electron chi connectivity index (χ4n) is 4.44. The van der Waals surface area contributed by atoms with Crippen molar-refractivity contribution in [3.8, 4) is 0 Å². The summed E-state index contributed by atoms with van der Waals surface area (Å²) >= 11 is 0. The molecule has 0 aliphatic carbocycles. The van der Waals surface area contributed by atoms with E-state index < -0.39 is 12.0 Å². The lowest BCUT2D eigenvalue weighted by Crippen LogP contribution is -2.43. The lowest BCUT2D eigenvalue weighted by atomic mass is 9.92. The number of hydrogen-bond acceptors (Lipinski definition) is 3. The number of esters is 1. The predicted molar refractivity (Wildman–Crippen MR) is 132 cm³/mol. The van der Waals surface area contributed by atoms with Crippen LogP contribution in [0.25, 0.3) is 32.3 Å². The Morgan fingerprint density at radius 1 is 0.727 bits per heavy atom. The number of fused-ring (bicyclic) bond motifs is 3. The van der Waals surface area contributed by atoms with Crippen molar-refractivity contribution in [3.05, 3.63) is 108 Å². The van der Waals surface area contributed by atoms with Gasteiger partial charge in [-0.05, 0) is 56.1 Å². The van der Waals surface area contributed by atoms with Crippen LogP contribution in [0.4, 0.5) is 0 Å². The average molecular weight is 434 g/mol. The van der Waals surface area contributed by atoms with Gasteiger partial charge in [0, 0.05) is 12.0 Å². The van der Waals surface area contributed by atoms with E-state index in [0.29, 0.717) is 12.0 Å². The topological polar surface area (TPSA) is 55.4 Å². The number of hydrogen-bond donors (Lipinski definition) is 1. The van der Waals surface area contributed by atoms with Crippen LogP contribution in [0.5, 0.6) is 0 Å². The molecule has 0 spiro atoms. The van der Waals surface area contributed by atoms with Crippen molar-refractivity contribution in [2.75, 3.05) is 7.11 Å². The smallest absolute Gasteiger partial charge is 0.328 e. The Bertz CT molecular complexity index is 1450. The molecule has 5 aromatic rings. The third-order valence-corrected chi connectivity index (χ3v) is 6.09. The minimum atomic E-state index is -0.816. The number of carbonyl (C=O) groups is 2. The van der Waals surface area contributed by atoms with Crippen molar-refractivity contribution >= 4 is 44.2 Å². The third kappa shape index (κ3) is 4.03. The second-order valence-corrected chi connectivity index (χ2v) is 8.11. The molecule has 33 heavy (non-hydrogen) atoms. The molecule has 0 aromatic heterocycles. The highest BCUT2D eigenvalue weighted by atomic mass is 16.5. The maximum absolute atomic E-state index is 13.1. The summed E-state index contributed by atoms with van der Waals surface area (Å²) in [5.41, 5.74) is 1.52. The molecule has 1 amide bonds. The number of nitrogens with one attached hydrogen (secondary N) is 1. The van der Waals surface area contributed by atoms with Crippen molar-refractivity contribution in [2.45, 2.75) is 12.5 Å². The standard InChI is InChI=1S/C29H23NO3/c1-33-29(32)27(30-28(31)23-15-14-19-8-2-3-9-20(19)16-23)18-26-24-12-6-4-10-21(24)17-22-11-5-7-13-25(22)26/h2-17,27H,18H2,1H3,(H,30,31)/t27-/m0/s1. The number of amides is 1. The van der Waals surface area contributed by atoms with E-state index in [9.17, 15) is 9.59 Å². The van der Waals surface area contributed by atoms with Crippen LogP contribution in [0.2, 0.25) is 0 Å². The lowest BCUT2D eigenvalue weighted by Gasteiger charge is -2.19. The quantitative estimate of drug-likeness (QED) is 0.287. The first-order valence-electron chi connectivity index (χ1n) is 10.9. The molecule has 1 N–H and O–H groups in total. The fourth-order valence-corrected chi connectivity index (χ4v) is 4.44. The molecule has 4 nitrogen and oxygen atoms in total. The highest BCUT2D eigenvalue weighted by Crippen LogP contribution is 2.29. The number of rotatable bonds is 5. The molecular formula is C29H23NO3. The minimum Gasteiger partial charge on any atom is -0.467 e. The molecule has 0 saturated heterocycles. The van der Waals surface area contributed by atoms with Gasteiger partial charge in [-0.2, -0.15) is 0 Å². The second-order valence-electron chi connectivity index (χ2n) is 8.11. The molecule has 0 aliphatic heterocycles. The van der Waals surface area contributed by atoms with Crippen molar-refractivity contribution in [3.63, 3.8) is 0 Å². The second kappa shape index (κ2) is 8.75. The summed E-state index contributed by atoms with van der Waals surface area (Å²) in [7, 11) is 1.35. The SMILES string of the molecule is COC(=O)[C@H](Cc1c2ccccc2cc2ccccc12)NC(=O)c1ccc2ccccc2c1. The van der Waals surface area contributed by atoms with Crippen molar-refractivity contribution in [1.29, 1.82) is 0 Å². The van der Waals surface area contributed by atoms with Crippen LogP contribution in [-0.2, 0) is 16.0 Å². The molecule has 162 valence electrons. The highest BCUT2D eigenvalue weighted by Gasteiger charge is 2.24. The van der Waals surface area contributed by atoms with E-state index in [0.717, 1.165) is 37.9 Å². The lowest BCUT2D eigenvalue weighted by molar-refractivity contribution is -0.142. The van der Waals surface area contributed by atoms with Crippen molar-refractivity contribution < 1.29 is 14.3 Å². The largest absolute Gasteiger partial charge is 0.467 e.